The van der Waals surface area contributed by atoms with E-state index in [9.17, 15) is 4.79 Å². The summed E-state index contributed by atoms with van der Waals surface area (Å²) in [6, 6.07) is 3.18. The van der Waals surface area contributed by atoms with Gasteiger partial charge in [0.15, 0.2) is 0 Å². The lowest BCUT2D eigenvalue weighted by atomic mass is 10.1. The number of aromatic nitrogens is 1. The average Bonchev–Trinajstić information content (AvgIpc) is 2.28. The third-order valence-corrected chi connectivity index (χ3v) is 2.39. The third kappa shape index (κ3) is 3.22. The molecule has 0 aromatic carbocycles. The van der Waals surface area contributed by atoms with Gasteiger partial charge >= 0.3 is 5.97 Å². The van der Waals surface area contributed by atoms with Crippen LogP contribution in [-0.4, -0.2) is 23.7 Å². The second-order valence-electron chi connectivity index (χ2n) is 4.09. The Bertz CT molecular complexity index is 374. The van der Waals surface area contributed by atoms with Crippen molar-refractivity contribution < 1.29 is 14.3 Å². The molecule has 0 aliphatic carbocycles. The summed E-state index contributed by atoms with van der Waals surface area (Å²) in [5.74, 6) is 0.0521. The summed E-state index contributed by atoms with van der Waals surface area (Å²) >= 11 is 0. The van der Waals surface area contributed by atoms with Crippen LogP contribution in [0.4, 0.5) is 0 Å². The van der Waals surface area contributed by atoms with Crippen LogP contribution in [0.1, 0.15) is 37.6 Å². The summed E-state index contributed by atoms with van der Waals surface area (Å²) in [6.45, 7) is 5.98. The number of hydrogen-bond acceptors (Lipinski definition) is 4. The van der Waals surface area contributed by atoms with Crippen LogP contribution in [-0.2, 0) is 4.74 Å². The molecule has 1 aromatic heterocycles. The molecule has 1 rings (SSSR count). The van der Waals surface area contributed by atoms with Crippen molar-refractivity contribution in [1.82, 2.24) is 4.98 Å². The van der Waals surface area contributed by atoms with Gasteiger partial charge in [0, 0.05) is 12.3 Å². The zero-order valence-corrected chi connectivity index (χ0v) is 10.1. The van der Waals surface area contributed by atoms with Crippen molar-refractivity contribution in [2.75, 3.05) is 7.11 Å². The fourth-order valence-electron chi connectivity index (χ4n) is 1.07. The van der Waals surface area contributed by atoms with Gasteiger partial charge in [-0.25, -0.2) is 9.78 Å². The largest absolute Gasteiger partial charge is 0.472 e. The normalized spacial score (nSPS) is 11.0. The summed E-state index contributed by atoms with van der Waals surface area (Å²) in [7, 11) is 1.35. The van der Waals surface area contributed by atoms with E-state index in [-0.39, 0.29) is 11.6 Å². The Balaban J connectivity index is 2.87. The molecule has 0 aliphatic heterocycles. The maximum Gasteiger partial charge on any atom is 0.338 e. The Labute approximate surface area is 95.6 Å². The number of methoxy groups -OCH3 is 1. The van der Waals surface area contributed by atoms with Gasteiger partial charge in [0.25, 0.3) is 0 Å². The summed E-state index contributed by atoms with van der Waals surface area (Å²) in [6.07, 6.45) is 2.39. The molecule has 0 bridgehead atoms. The quantitative estimate of drug-likeness (QED) is 0.735. The summed E-state index contributed by atoms with van der Waals surface area (Å²) in [5, 5.41) is 0. The van der Waals surface area contributed by atoms with Crippen LogP contribution in [0.3, 0.4) is 0 Å². The first-order valence-corrected chi connectivity index (χ1v) is 5.22. The van der Waals surface area contributed by atoms with E-state index in [1.54, 1.807) is 12.1 Å². The van der Waals surface area contributed by atoms with Gasteiger partial charge in [-0.05, 0) is 26.3 Å². The van der Waals surface area contributed by atoms with Crippen LogP contribution in [0.15, 0.2) is 18.3 Å². The number of nitrogens with zero attached hydrogens (tertiary/aromatic N) is 1. The van der Waals surface area contributed by atoms with Crippen molar-refractivity contribution in [2.45, 2.75) is 32.8 Å². The predicted octanol–water partition coefficient (Wildman–Crippen LogP) is 2.44. The molecule has 0 aliphatic rings. The van der Waals surface area contributed by atoms with E-state index in [1.165, 1.54) is 13.3 Å². The van der Waals surface area contributed by atoms with E-state index in [2.05, 4.69) is 9.72 Å². The number of ether oxygens (including phenoxy) is 2. The molecule has 4 nitrogen and oxygen atoms in total. The number of carbonyl (C=O) groups is 1. The zero-order chi connectivity index (χ0) is 12.2. The molecule has 0 saturated carbocycles. The van der Waals surface area contributed by atoms with Gasteiger partial charge < -0.3 is 9.47 Å². The van der Waals surface area contributed by atoms with Crippen molar-refractivity contribution in [3.63, 3.8) is 0 Å². The number of pyridine rings is 1. The SMILES string of the molecule is CCC(C)(C)Oc1cc(C(=O)OC)ccn1. The Kier molecular flexibility index (Phi) is 3.88. The lowest BCUT2D eigenvalue weighted by Crippen LogP contribution is -2.27. The molecule has 16 heavy (non-hydrogen) atoms. The first kappa shape index (κ1) is 12.5. The van der Waals surface area contributed by atoms with Crippen molar-refractivity contribution in [2.24, 2.45) is 0 Å². The monoisotopic (exact) mass is 223 g/mol. The second-order valence-corrected chi connectivity index (χ2v) is 4.09. The Morgan fingerprint density at radius 1 is 1.50 bits per heavy atom. The van der Waals surface area contributed by atoms with Crippen LogP contribution in [0.2, 0.25) is 0 Å². The number of esters is 1. The third-order valence-electron chi connectivity index (χ3n) is 2.39. The fourth-order valence-corrected chi connectivity index (χ4v) is 1.07. The molecule has 4 heteroatoms. The highest BCUT2D eigenvalue weighted by atomic mass is 16.5. The molecule has 1 heterocycles. The van der Waals surface area contributed by atoms with Crippen LogP contribution >= 0.6 is 0 Å². The number of hydrogen-bond donors (Lipinski definition) is 0. The first-order chi connectivity index (χ1) is 7.48. The number of rotatable bonds is 4. The smallest absolute Gasteiger partial charge is 0.338 e. The molecule has 0 fully saturated rings. The zero-order valence-electron chi connectivity index (χ0n) is 10.1. The van der Waals surface area contributed by atoms with E-state index in [0.29, 0.717) is 11.4 Å². The minimum atomic E-state index is -0.387. The minimum absolute atomic E-state index is 0.290. The highest BCUT2D eigenvalue weighted by molar-refractivity contribution is 5.89. The first-order valence-electron chi connectivity index (χ1n) is 5.22. The molecular formula is C12H17NO3. The Morgan fingerprint density at radius 3 is 2.75 bits per heavy atom. The van der Waals surface area contributed by atoms with E-state index in [1.807, 2.05) is 20.8 Å². The minimum Gasteiger partial charge on any atom is -0.472 e. The van der Waals surface area contributed by atoms with E-state index in [0.717, 1.165) is 6.42 Å². The van der Waals surface area contributed by atoms with Crippen molar-refractivity contribution in [3.05, 3.63) is 23.9 Å². The van der Waals surface area contributed by atoms with Gasteiger partial charge in [0.1, 0.15) is 5.60 Å². The van der Waals surface area contributed by atoms with Gasteiger partial charge in [-0.2, -0.15) is 0 Å². The van der Waals surface area contributed by atoms with E-state index < -0.39 is 0 Å². The molecule has 88 valence electrons. The van der Waals surface area contributed by atoms with Crippen LogP contribution in [0.25, 0.3) is 0 Å². The molecular weight excluding hydrogens is 206 g/mol. The predicted molar refractivity (Wildman–Crippen MR) is 60.6 cm³/mol. The molecule has 1 aromatic rings. The maximum atomic E-state index is 11.3. The Morgan fingerprint density at radius 2 is 2.19 bits per heavy atom. The van der Waals surface area contributed by atoms with Gasteiger partial charge in [-0.3, -0.25) is 0 Å². The summed E-state index contributed by atoms with van der Waals surface area (Å²) < 4.78 is 10.3. The molecule has 0 amide bonds. The van der Waals surface area contributed by atoms with Crippen LogP contribution in [0, 0.1) is 0 Å². The fraction of sp³-hybridized carbons (Fsp3) is 0.500. The van der Waals surface area contributed by atoms with Gasteiger partial charge in [0.2, 0.25) is 5.88 Å². The van der Waals surface area contributed by atoms with Crippen molar-refractivity contribution in [3.8, 4) is 5.88 Å². The van der Waals surface area contributed by atoms with Crippen molar-refractivity contribution in [1.29, 1.82) is 0 Å². The molecule has 0 atom stereocenters. The van der Waals surface area contributed by atoms with E-state index in [4.69, 9.17) is 4.74 Å². The maximum absolute atomic E-state index is 11.3. The van der Waals surface area contributed by atoms with Crippen LogP contribution < -0.4 is 4.74 Å². The highest BCUT2D eigenvalue weighted by Crippen LogP contribution is 2.19. The highest BCUT2D eigenvalue weighted by Gasteiger charge is 2.18. The number of carbonyl (C=O) groups excluding carboxylic acids is 1. The molecule has 0 saturated heterocycles. The Hall–Kier alpha value is -1.58. The lowest BCUT2D eigenvalue weighted by Gasteiger charge is -2.23. The molecule has 0 N–H and O–H groups in total. The molecule has 0 spiro atoms. The molecule has 0 radical (unpaired) electrons. The summed E-state index contributed by atoms with van der Waals surface area (Å²) in [4.78, 5) is 15.4. The van der Waals surface area contributed by atoms with Gasteiger partial charge in [-0.1, -0.05) is 6.92 Å². The van der Waals surface area contributed by atoms with Gasteiger partial charge in [0.05, 0.1) is 12.7 Å². The van der Waals surface area contributed by atoms with Gasteiger partial charge in [-0.15, -0.1) is 0 Å². The molecule has 0 unspecified atom stereocenters. The lowest BCUT2D eigenvalue weighted by molar-refractivity contribution is 0.0596. The second kappa shape index (κ2) is 4.96. The average molecular weight is 223 g/mol. The van der Waals surface area contributed by atoms with E-state index >= 15 is 0 Å². The summed E-state index contributed by atoms with van der Waals surface area (Å²) in [5.41, 5.74) is 0.154. The van der Waals surface area contributed by atoms with Crippen LogP contribution in [0.5, 0.6) is 5.88 Å². The topological polar surface area (TPSA) is 48.4 Å². The van der Waals surface area contributed by atoms with Crippen molar-refractivity contribution >= 4 is 5.97 Å². The standard InChI is InChI=1S/C12H17NO3/c1-5-12(2,3)16-10-8-9(6-7-13-10)11(14)15-4/h6-8H,5H2,1-4H3.